The Labute approximate surface area is 118 Å². The summed E-state index contributed by atoms with van der Waals surface area (Å²) >= 11 is 0. The molecule has 2 fully saturated rings. The highest BCUT2D eigenvalue weighted by Gasteiger charge is 2.56. The molecule has 0 atom stereocenters. The first-order chi connectivity index (χ1) is 9.81. The van der Waals surface area contributed by atoms with Crippen molar-refractivity contribution in [2.75, 3.05) is 37.9 Å². The van der Waals surface area contributed by atoms with E-state index in [1.54, 1.807) is 0 Å². The topological polar surface area (TPSA) is 43.2 Å². The summed E-state index contributed by atoms with van der Waals surface area (Å²) in [6, 6.07) is 7.83. The predicted molar refractivity (Wildman–Crippen MR) is 72.3 cm³/mol. The zero-order chi connectivity index (χ0) is 13.6. The van der Waals surface area contributed by atoms with Crippen LogP contribution in [0.25, 0.3) is 0 Å². The van der Waals surface area contributed by atoms with E-state index in [2.05, 4.69) is 0 Å². The van der Waals surface area contributed by atoms with E-state index in [1.165, 1.54) is 17.7 Å². The molecule has 0 aromatic heterocycles. The largest absolute Gasteiger partial charge is 0.336 e. The maximum Gasteiger partial charge on any atom is 0.296 e. The first-order valence-corrected chi connectivity index (χ1v) is 7.34. The van der Waals surface area contributed by atoms with Gasteiger partial charge in [0, 0.05) is 18.4 Å². The third-order valence-corrected chi connectivity index (χ3v) is 4.46. The molecule has 0 radical (unpaired) electrons. The molecule has 0 aliphatic carbocycles. The van der Waals surface area contributed by atoms with Crippen LogP contribution in [0.4, 0.5) is 5.69 Å². The number of likely N-dealkylation sites (tertiary alicyclic amines) is 1. The Balaban J connectivity index is 1.71. The van der Waals surface area contributed by atoms with Gasteiger partial charge in [-0.3, -0.25) is 9.69 Å². The van der Waals surface area contributed by atoms with E-state index in [0.717, 1.165) is 24.3 Å². The van der Waals surface area contributed by atoms with Crippen LogP contribution in [-0.4, -0.2) is 38.9 Å². The molecule has 5 heteroatoms. The van der Waals surface area contributed by atoms with Gasteiger partial charge in [-0.25, -0.2) is 0 Å². The normalized spacial score (nSPS) is 24.8. The van der Waals surface area contributed by atoms with Gasteiger partial charge in [-0.2, -0.15) is 0 Å². The van der Waals surface area contributed by atoms with Crippen LogP contribution >= 0.6 is 0 Å². The number of para-hydroxylation sites is 1. The van der Waals surface area contributed by atoms with Crippen molar-refractivity contribution in [3.63, 3.8) is 0 Å². The van der Waals surface area contributed by atoms with Gasteiger partial charge < -0.3 is 14.4 Å². The van der Waals surface area contributed by atoms with Crippen LogP contribution in [0.15, 0.2) is 24.3 Å². The van der Waals surface area contributed by atoms with E-state index < -0.39 is 5.79 Å². The highest BCUT2D eigenvalue weighted by atomic mass is 16.7. The smallest absolute Gasteiger partial charge is 0.296 e. The molecule has 1 amide bonds. The molecule has 3 heterocycles. The van der Waals surface area contributed by atoms with E-state index in [1.807, 2.05) is 29.2 Å². The molecule has 4 rings (SSSR count). The van der Waals surface area contributed by atoms with E-state index in [-0.39, 0.29) is 5.91 Å². The molecule has 20 heavy (non-hydrogen) atoms. The van der Waals surface area contributed by atoms with Crippen LogP contribution in [0, 0.1) is 0 Å². The fourth-order valence-corrected chi connectivity index (χ4v) is 3.49. The van der Waals surface area contributed by atoms with Crippen LogP contribution in [0.3, 0.4) is 0 Å². The van der Waals surface area contributed by atoms with E-state index in [9.17, 15) is 4.79 Å². The third kappa shape index (κ3) is 1.63. The van der Waals surface area contributed by atoms with Crippen LogP contribution in [-0.2, 0) is 20.1 Å². The number of carbonyl (C=O) groups is 1. The van der Waals surface area contributed by atoms with Crippen LogP contribution < -0.4 is 9.80 Å². The maximum atomic E-state index is 12.8. The predicted octanol–water partition coefficient (Wildman–Crippen LogP) is -0.131. The Morgan fingerprint density at radius 2 is 1.85 bits per heavy atom. The minimum absolute atomic E-state index is 0.0596. The van der Waals surface area contributed by atoms with E-state index in [0.29, 0.717) is 19.9 Å². The highest BCUT2D eigenvalue weighted by molar-refractivity contribution is 6.06. The summed E-state index contributed by atoms with van der Waals surface area (Å²) in [4.78, 5) is 16.1. The van der Waals surface area contributed by atoms with Gasteiger partial charge in [0.1, 0.15) is 0 Å². The summed E-state index contributed by atoms with van der Waals surface area (Å²) in [5.74, 6) is -1.23. The lowest BCUT2D eigenvalue weighted by atomic mass is 10.1. The highest BCUT2D eigenvalue weighted by Crippen LogP contribution is 2.44. The molecule has 106 valence electrons. The van der Waals surface area contributed by atoms with Crippen molar-refractivity contribution in [3.05, 3.63) is 29.8 Å². The Hall–Kier alpha value is -1.43. The van der Waals surface area contributed by atoms with Gasteiger partial charge in [0.15, 0.2) is 6.67 Å². The second kappa shape index (κ2) is 4.55. The zero-order valence-corrected chi connectivity index (χ0v) is 11.4. The summed E-state index contributed by atoms with van der Waals surface area (Å²) < 4.78 is 11.4. The molecule has 2 saturated heterocycles. The number of anilines is 1. The molecule has 5 nitrogen and oxygen atoms in total. The Bertz CT molecular complexity index is 534. The lowest BCUT2D eigenvalue weighted by Crippen LogP contribution is -3.11. The van der Waals surface area contributed by atoms with Crippen molar-refractivity contribution in [2.45, 2.75) is 18.6 Å². The minimum Gasteiger partial charge on any atom is -0.336 e. The zero-order valence-electron chi connectivity index (χ0n) is 11.4. The number of nitrogens with zero attached hydrogens (tertiary/aromatic N) is 1. The number of quaternary nitrogens is 1. The quantitative estimate of drug-likeness (QED) is 0.817. The van der Waals surface area contributed by atoms with E-state index in [4.69, 9.17) is 9.47 Å². The van der Waals surface area contributed by atoms with Gasteiger partial charge in [-0.05, 0) is 6.07 Å². The van der Waals surface area contributed by atoms with Crippen molar-refractivity contribution >= 4 is 11.6 Å². The molecule has 1 N–H and O–H groups in total. The Morgan fingerprint density at radius 3 is 2.60 bits per heavy atom. The minimum atomic E-state index is -1.17. The van der Waals surface area contributed by atoms with Crippen LogP contribution in [0.1, 0.15) is 18.4 Å². The summed E-state index contributed by atoms with van der Waals surface area (Å²) in [5, 5.41) is 0. The standard InChI is InChI=1S/C15H18N2O3/c18-14-15(19-9-10-20-15)12-5-1-2-6-13(12)17(14)11-16-7-3-4-8-16/h1-2,5-6H,3-4,7-11H2/p+1. The molecule has 1 aromatic carbocycles. The van der Waals surface area contributed by atoms with Crippen molar-refractivity contribution in [1.29, 1.82) is 0 Å². The molecule has 3 aliphatic rings. The molecule has 1 spiro atoms. The molecule has 3 aliphatic heterocycles. The monoisotopic (exact) mass is 275 g/mol. The lowest BCUT2D eigenvalue weighted by Gasteiger charge is -2.24. The van der Waals surface area contributed by atoms with Gasteiger partial charge in [0.2, 0.25) is 0 Å². The Kier molecular flexibility index (Phi) is 2.80. The molecule has 0 saturated carbocycles. The molecular weight excluding hydrogens is 256 g/mol. The SMILES string of the molecule is O=C1N(C[NH+]2CCCC2)c2ccccc2C12OCCO2. The number of hydrogen-bond acceptors (Lipinski definition) is 3. The van der Waals surface area contributed by atoms with Crippen LogP contribution in [0.5, 0.6) is 0 Å². The van der Waals surface area contributed by atoms with Crippen molar-refractivity contribution in [2.24, 2.45) is 0 Å². The molecule has 0 unspecified atom stereocenters. The van der Waals surface area contributed by atoms with Gasteiger partial charge >= 0.3 is 0 Å². The summed E-state index contributed by atoms with van der Waals surface area (Å²) in [7, 11) is 0. The van der Waals surface area contributed by atoms with Crippen molar-refractivity contribution < 1.29 is 19.2 Å². The average molecular weight is 275 g/mol. The molecular formula is C15H19N2O3+. The second-order valence-corrected chi connectivity index (χ2v) is 5.68. The van der Waals surface area contributed by atoms with Gasteiger partial charge in [-0.1, -0.05) is 18.2 Å². The first kappa shape index (κ1) is 12.3. The van der Waals surface area contributed by atoms with Gasteiger partial charge in [0.25, 0.3) is 11.7 Å². The number of carbonyl (C=O) groups excluding carboxylic acids is 1. The number of ether oxygens (including phenoxy) is 2. The average Bonchev–Trinajstić information content (AvgIpc) is 3.19. The van der Waals surface area contributed by atoms with Crippen molar-refractivity contribution in [3.8, 4) is 0 Å². The third-order valence-electron chi connectivity index (χ3n) is 4.46. The number of hydrogen-bond donors (Lipinski definition) is 1. The maximum absolute atomic E-state index is 12.8. The van der Waals surface area contributed by atoms with E-state index >= 15 is 0 Å². The number of benzene rings is 1. The molecule has 1 aromatic rings. The summed E-state index contributed by atoms with van der Waals surface area (Å²) in [6.07, 6.45) is 2.49. The van der Waals surface area contributed by atoms with Crippen molar-refractivity contribution in [1.82, 2.24) is 0 Å². The number of amides is 1. The summed E-state index contributed by atoms with van der Waals surface area (Å²) in [5.41, 5.74) is 1.81. The summed E-state index contributed by atoms with van der Waals surface area (Å²) in [6.45, 7) is 3.95. The first-order valence-electron chi connectivity index (χ1n) is 7.34. The second-order valence-electron chi connectivity index (χ2n) is 5.68. The lowest BCUT2D eigenvalue weighted by molar-refractivity contribution is -0.886. The molecule has 0 bridgehead atoms. The number of fused-ring (bicyclic) bond motifs is 2. The van der Waals surface area contributed by atoms with Gasteiger partial charge in [0.05, 0.1) is 32.0 Å². The number of rotatable bonds is 2. The fourth-order valence-electron chi connectivity index (χ4n) is 3.49. The number of nitrogens with one attached hydrogen (secondary N) is 1. The Morgan fingerprint density at radius 1 is 1.15 bits per heavy atom. The fraction of sp³-hybridized carbons (Fsp3) is 0.533. The van der Waals surface area contributed by atoms with Crippen LogP contribution in [0.2, 0.25) is 0 Å². The van der Waals surface area contributed by atoms with Gasteiger partial charge in [-0.15, -0.1) is 0 Å².